The van der Waals surface area contributed by atoms with E-state index >= 15 is 0 Å². The summed E-state index contributed by atoms with van der Waals surface area (Å²) in [5, 5.41) is 7.79. The van der Waals surface area contributed by atoms with Crippen molar-refractivity contribution in [1.82, 2.24) is 14.9 Å². The fraction of sp³-hybridized carbons (Fsp3) is 0.273. The van der Waals surface area contributed by atoms with E-state index in [9.17, 15) is 0 Å². The molecule has 0 radical (unpaired) electrons. The van der Waals surface area contributed by atoms with Crippen molar-refractivity contribution in [3.8, 4) is 10.6 Å². The number of likely N-dealkylation sites (tertiary alicyclic amines) is 1. The quantitative estimate of drug-likeness (QED) is 0.475. The maximum absolute atomic E-state index is 4.79. The zero-order valence-electron chi connectivity index (χ0n) is 15.5. The molecular weight excluding hydrogens is 384 g/mol. The molecule has 0 spiro atoms. The Morgan fingerprint density at radius 1 is 1.07 bits per heavy atom. The van der Waals surface area contributed by atoms with Crippen LogP contribution in [-0.4, -0.2) is 34.0 Å². The van der Waals surface area contributed by atoms with Crippen molar-refractivity contribution >= 4 is 38.0 Å². The lowest BCUT2D eigenvalue weighted by Crippen LogP contribution is -2.38. The molecule has 3 heterocycles. The average molecular weight is 407 g/mol. The Morgan fingerprint density at radius 3 is 2.71 bits per heavy atom. The molecule has 1 fully saturated rings. The van der Waals surface area contributed by atoms with Crippen molar-refractivity contribution in [3.63, 3.8) is 0 Å². The summed E-state index contributed by atoms with van der Waals surface area (Å²) in [5.41, 5.74) is 3.64. The number of nitrogens with zero attached hydrogens (tertiary/aromatic N) is 3. The van der Waals surface area contributed by atoms with E-state index in [0.29, 0.717) is 6.04 Å². The van der Waals surface area contributed by atoms with Gasteiger partial charge in [-0.3, -0.25) is 4.90 Å². The number of fused-ring (bicyclic) bond motifs is 1. The van der Waals surface area contributed by atoms with Gasteiger partial charge in [0.25, 0.3) is 0 Å². The van der Waals surface area contributed by atoms with Crippen LogP contribution in [0.2, 0.25) is 0 Å². The van der Waals surface area contributed by atoms with Crippen LogP contribution < -0.4 is 5.32 Å². The second-order valence-corrected chi connectivity index (χ2v) is 9.14. The van der Waals surface area contributed by atoms with Gasteiger partial charge >= 0.3 is 0 Å². The van der Waals surface area contributed by atoms with Crippen LogP contribution in [0.25, 0.3) is 20.8 Å². The highest BCUT2D eigenvalue weighted by atomic mass is 32.1. The predicted octanol–water partition coefficient (Wildman–Crippen LogP) is 5.50. The normalized spacial score (nSPS) is 15.9. The minimum atomic E-state index is 0.506. The van der Waals surface area contributed by atoms with Crippen LogP contribution in [0.4, 0.5) is 5.13 Å². The first-order chi connectivity index (χ1) is 13.8. The van der Waals surface area contributed by atoms with Crippen molar-refractivity contribution in [2.24, 2.45) is 0 Å². The summed E-state index contributed by atoms with van der Waals surface area (Å²) in [6.07, 6.45) is 4.17. The maximum atomic E-state index is 4.79. The number of thiazole rings is 2. The molecule has 1 aliphatic rings. The Labute approximate surface area is 172 Å². The topological polar surface area (TPSA) is 41.0 Å². The number of anilines is 1. The summed E-state index contributed by atoms with van der Waals surface area (Å²) < 4.78 is 1.22. The van der Waals surface area contributed by atoms with Crippen LogP contribution in [0, 0.1) is 0 Å². The summed E-state index contributed by atoms with van der Waals surface area (Å²) in [6.45, 7) is 3.31. The van der Waals surface area contributed by atoms with Crippen LogP contribution >= 0.6 is 22.7 Å². The molecule has 6 heteroatoms. The molecule has 5 rings (SSSR count). The number of hydrogen-bond donors (Lipinski definition) is 1. The van der Waals surface area contributed by atoms with Crippen LogP contribution in [0.1, 0.15) is 18.4 Å². The van der Waals surface area contributed by atoms with Crippen LogP contribution in [0.3, 0.4) is 0 Å². The first-order valence-electron chi connectivity index (χ1n) is 9.67. The van der Waals surface area contributed by atoms with E-state index in [0.717, 1.165) is 48.1 Å². The van der Waals surface area contributed by atoms with Gasteiger partial charge in [0.1, 0.15) is 5.01 Å². The number of aromatic nitrogens is 2. The molecule has 1 aliphatic heterocycles. The van der Waals surface area contributed by atoms with Crippen molar-refractivity contribution in [3.05, 3.63) is 65.7 Å². The van der Waals surface area contributed by atoms with Crippen LogP contribution in [-0.2, 0) is 6.54 Å². The molecule has 0 saturated carbocycles. The molecule has 0 atom stereocenters. The Bertz CT molecular complexity index is 1040. The molecule has 0 aliphatic carbocycles. The number of nitrogens with one attached hydrogen (secondary N) is 1. The lowest BCUT2D eigenvalue weighted by atomic mass is 10.0. The number of piperidine rings is 1. The molecule has 4 aromatic rings. The molecule has 0 bridgehead atoms. The van der Waals surface area contributed by atoms with Crippen molar-refractivity contribution in [2.75, 3.05) is 18.4 Å². The smallest absolute Gasteiger partial charge is 0.184 e. The van der Waals surface area contributed by atoms with E-state index in [4.69, 9.17) is 4.98 Å². The molecule has 142 valence electrons. The van der Waals surface area contributed by atoms with Gasteiger partial charge < -0.3 is 5.32 Å². The fourth-order valence-electron chi connectivity index (χ4n) is 3.74. The third-order valence-corrected chi connectivity index (χ3v) is 7.00. The number of hydrogen-bond acceptors (Lipinski definition) is 6. The molecule has 1 N–H and O–H groups in total. The molecular formula is C22H22N4S2. The Kier molecular flexibility index (Phi) is 5.08. The lowest BCUT2D eigenvalue weighted by molar-refractivity contribution is 0.211. The molecule has 2 aromatic heterocycles. The van der Waals surface area contributed by atoms with E-state index in [1.807, 2.05) is 11.6 Å². The summed E-state index contributed by atoms with van der Waals surface area (Å²) in [4.78, 5) is 11.8. The summed E-state index contributed by atoms with van der Waals surface area (Å²) in [6, 6.07) is 17.7. The van der Waals surface area contributed by atoms with Gasteiger partial charge in [-0.1, -0.05) is 41.7 Å². The minimum Gasteiger partial charge on any atom is -0.359 e. The molecule has 28 heavy (non-hydrogen) atoms. The Balaban J connectivity index is 1.21. The lowest BCUT2D eigenvalue weighted by Gasteiger charge is -2.32. The predicted molar refractivity (Wildman–Crippen MR) is 119 cm³/mol. The zero-order chi connectivity index (χ0) is 18.8. The van der Waals surface area contributed by atoms with Crippen molar-refractivity contribution < 1.29 is 0 Å². The van der Waals surface area contributed by atoms with Crippen LogP contribution in [0.5, 0.6) is 0 Å². The third kappa shape index (κ3) is 3.94. The largest absolute Gasteiger partial charge is 0.359 e. The van der Waals surface area contributed by atoms with Gasteiger partial charge in [-0.05, 0) is 36.6 Å². The van der Waals surface area contributed by atoms with E-state index in [-0.39, 0.29) is 0 Å². The Hall–Kier alpha value is -2.28. The molecule has 1 saturated heterocycles. The standard InChI is InChI=1S/C22H22N4S2/c1-2-4-16(5-3-1)15-26-11-8-18(9-12-26)24-22-25-19-7-6-17(14-20(19)28-22)21-23-10-13-27-21/h1-7,10,13-14,18H,8-9,11-12,15H2,(H,24,25). The number of rotatable bonds is 5. The summed E-state index contributed by atoms with van der Waals surface area (Å²) in [5.74, 6) is 0. The molecule has 2 aromatic carbocycles. The monoisotopic (exact) mass is 406 g/mol. The SMILES string of the molecule is c1ccc(CN2CCC(Nc3nc4ccc(-c5nccs5)cc4s3)CC2)cc1. The average Bonchev–Trinajstić information content (AvgIpc) is 3.39. The van der Waals surface area contributed by atoms with E-state index in [1.165, 1.54) is 15.8 Å². The summed E-state index contributed by atoms with van der Waals surface area (Å²) >= 11 is 3.42. The van der Waals surface area contributed by atoms with Crippen LogP contribution in [0.15, 0.2) is 60.1 Å². The highest BCUT2D eigenvalue weighted by Crippen LogP contribution is 2.32. The van der Waals surface area contributed by atoms with Gasteiger partial charge in [0, 0.05) is 42.8 Å². The zero-order valence-corrected chi connectivity index (χ0v) is 17.2. The highest BCUT2D eigenvalue weighted by Gasteiger charge is 2.20. The van der Waals surface area contributed by atoms with Gasteiger partial charge in [-0.25, -0.2) is 9.97 Å². The van der Waals surface area contributed by atoms with E-state index in [2.05, 4.69) is 63.7 Å². The van der Waals surface area contributed by atoms with Gasteiger partial charge in [0.05, 0.1) is 10.2 Å². The molecule has 0 unspecified atom stereocenters. The van der Waals surface area contributed by atoms with Gasteiger partial charge in [-0.2, -0.15) is 0 Å². The van der Waals surface area contributed by atoms with Crippen molar-refractivity contribution in [1.29, 1.82) is 0 Å². The van der Waals surface area contributed by atoms with Gasteiger partial charge in [-0.15, -0.1) is 11.3 Å². The van der Waals surface area contributed by atoms with E-state index in [1.54, 1.807) is 22.7 Å². The molecule has 4 nitrogen and oxygen atoms in total. The second kappa shape index (κ2) is 7.99. The van der Waals surface area contributed by atoms with Gasteiger partial charge in [0.15, 0.2) is 5.13 Å². The first kappa shape index (κ1) is 17.8. The molecule has 0 amide bonds. The Morgan fingerprint density at radius 2 is 1.93 bits per heavy atom. The first-order valence-corrected chi connectivity index (χ1v) is 11.4. The maximum Gasteiger partial charge on any atom is 0.184 e. The van der Waals surface area contributed by atoms with E-state index < -0.39 is 0 Å². The highest BCUT2D eigenvalue weighted by molar-refractivity contribution is 7.22. The van der Waals surface area contributed by atoms with Gasteiger partial charge in [0.2, 0.25) is 0 Å². The number of benzene rings is 2. The third-order valence-electron chi connectivity index (χ3n) is 5.23. The minimum absolute atomic E-state index is 0.506. The second-order valence-electron chi connectivity index (χ2n) is 7.22. The summed E-state index contributed by atoms with van der Waals surface area (Å²) in [7, 11) is 0. The van der Waals surface area contributed by atoms with Crippen molar-refractivity contribution in [2.45, 2.75) is 25.4 Å². The fourth-order valence-corrected chi connectivity index (χ4v) is 5.35.